The van der Waals surface area contributed by atoms with Crippen LogP contribution in [0, 0.1) is 0 Å². The first-order chi connectivity index (χ1) is 17.2. The summed E-state index contributed by atoms with van der Waals surface area (Å²) < 4.78 is 2.20. The van der Waals surface area contributed by atoms with Gasteiger partial charge in [-0.15, -0.1) is 0 Å². The Morgan fingerprint density at radius 1 is 0.771 bits per heavy atom. The van der Waals surface area contributed by atoms with Gasteiger partial charge in [-0.1, -0.05) is 60.7 Å². The zero-order chi connectivity index (χ0) is 23.8. The number of piperidine rings is 1. The lowest BCUT2D eigenvalue weighted by Gasteiger charge is -2.41. The number of anilines is 1. The van der Waals surface area contributed by atoms with Crippen molar-refractivity contribution in [1.82, 2.24) is 0 Å². The number of benzene rings is 3. The predicted octanol–water partition coefficient (Wildman–Crippen LogP) is 3.98. The Morgan fingerprint density at radius 3 is 2.06 bits per heavy atom. The number of fused-ring (bicyclic) bond motifs is 2. The molecule has 2 aliphatic heterocycles. The van der Waals surface area contributed by atoms with Crippen molar-refractivity contribution in [3.63, 3.8) is 0 Å². The number of aliphatic imine (C=N–C) groups is 1. The van der Waals surface area contributed by atoms with E-state index in [9.17, 15) is 0 Å². The molecule has 3 nitrogen and oxygen atoms in total. The molecule has 0 N–H and O–H groups in total. The quantitative estimate of drug-likeness (QED) is 0.319. The maximum absolute atomic E-state index is 5.24. The molecule has 1 saturated heterocycles. The fraction of sp³-hybridized carbons (Fsp3) is 0.226. The summed E-state index contributed by atoms with van der Waals surface area (Å²) in [6, 6.07) is 29.5. The molecule has 1 fully saturated rings. The average Bonchev–Trinajstić information content (AvgIpc) is 2.92. The molecule has 0 aromatic heterocycles. The molecule has 0 unspecified atom stereocenters. The largest absolute Gasteiger partial charge is 0.372 e. The van der Waals surface area contributed by atoms with Crippen molar-refractivity contribution in [2.75, 3.05) is 32.1 Å². The molecule has 3 aromatic carbocycles. The highest BCUT2D eigenvalue weighted by molar-refractivity contribution is 7.19. The predicted molar refractivity (Wildman–Crippen MR) is 151 cm³/mol. The molecule has 3 aromatic rings. The first kappa shape index (κ1) is 22.0. The van der Waals surface area contributed by atoms with Crippen LogP contribution in [0.1, 0.15) is 19.3 Å². The molecule has 6 rings (SSSR count). The highest BCUT2D eigenvalue weighted by Gasteiger charge is 2.49. The van der Waals surface area contributed by atoms with Gasteiger partial charge in [0, 0.05) is 30.9 Å². The summed E-state index contributed by atoms with van der Waals surface area (Å²) in [5.41, 5.74) is 4.79. The summed E-state index contributed by atoms with van der Waals surface area (Å²) in [5.74, 6) is 0. The summed E-state index contributed by atoms with van der Waals surface area (Å²) in [4.78, 5) is 7.81. The van der Waals surface area contributed by atoms with E-state index in [0.717, 1.165) is 24.5 Å². The molecule has 0 atom stereocenters. The zero-order valence-corrected chi connectivity index (χ0v) is 21.6. The highest BCUT2D eigenvalue weighted by Crippen LogP contribution is 2.33. The van der Waals surface area contributed by atoms with E-state index in [1.165, 1.54) is 51.4 Å². The van der Waals surface area contributed by atoms with Crippen LogP contribution in [0.25, 0.3) is 0 Å². The van der Waals surface area contributed by atoms with Gasteiger partial charge in [0.2, 0.25) is 0 Å². The van der Waals surface area contributed by atoms with Crippen LogP contribution in [-0.4, -0.2) is 51.3 Å². The van der Waals surface area contributed by atoms with Crippen LogP contribution >= 0.6 is 0 Å². The Balaban J connectivity index is 1.71. The minimum absolute atomic E-state index is 1.10. The van der Waals surface area contributed by atoms with Crippen LogP contribution in [0.4, 0.5) is 11.4 Å². The summed E-state index contributed by atoms with van der Waals surface area (Å²) in [6.07, 6.45) is 10.7. The molecule has 0 amide bonds. The van der Waals surface area contributed by atoms with Crippen molar-refractivity contribution in [3.8, 4) is 0 Å². The molecular weight excluding hydrogens is 442 g/mol. The van der Waals surface area contributed by atoms with Gasteiger partial charge in [-0.25, -0.2) is 9.57 Å². The molecule has 0 bridgehead atoms. The third-order valence-corrected chi connectivity index (χ3v) is 12.5. The number of hydrogen-bond donors (Lipinski definition) is 0. The normalized spacial score (nSPS) is 18.3. The van der Waals surface area contributed by atoms with Crippen LogP contribution in [-0.2, 0) is 0 Å². The van der Waals surface area contributed by atoms with Gasteiger partial charge in [0.05, 0.1) is 11.4 Å². The minimum Gasteiger partial charge on any atom is -0.372 e. The maximum Gasteiger partial charge on any atom is 0.199 e. The van der Waals surface area contributed by atoms with Gasteiger partial charge >= 0.3 is 0 Å². The van der Waals surface area contributed by atoms with E-state index < -0.39 is 8.07 Å². The molecule has 35 heavy (non-hydrogen) atoms. The van der Waals surface area contributed by atoms with Gasteiger partial charge in [-0.2, -0.15) is 0 Å². The van der Waals surface area contributed by atoms with Gasteiger partial charge < -0.3 is 4.90 Å². The SMILES string of the molecule is C[N+](C)=C1C=CC2=Nc3ccc(N4CCCCC4)cc3[Si](c3ccccc3)(c3ccccc3)C2=C1. The lowest BCUT2D eigenvalue weighted by atomic mass is 10.1. The second kappa shape index (κ2) is 8.93. The van der Waals surface area contributed by atoms with Gasteiger partial charge in [-0.3, -0.25) is 0 Å². The smallest absolute Gasteiger partial charge is 0.199 e. The van der Waals surface area contributed by atoms with Crippen molar-refractivity contribution < 1.29 is 4.58 Å². The van der Waals surface area contributed by atoms with E-state index >= 15 is 0 Å². The van der Waals surface area contributed by atoms with E-state index in [2.05, 4.69) is 121 Å². The number of rotatable bonds is 3. The van der Waals surface area contributed by atoms with Crippen LogP contribution < -0.4 is 20.5 Å². The monoisotopic (exact) mass is 474 g/mol. The summed E-state index contributed by atoms with van der Waals surface area (Å²) in [6.45, 7) is 2.28. The van der Waals surface area contributed by atoms with Gasteiger partial charge in [0.25, 0.3) is 0 Å². The fourth-order valence-electron chi connectivity index (χ4n) is 5.91. The van der Waals surface area contributed by atoms with E-state index in [-0.39, 0.29) is 0 Å². The average molecular weight is 475 g/mol. The summed E-state index contributed by atoms with van der Waals surface area (Å²) in [7, 11) is 1.65. The number of allylic oxidation sites excluding steroid dienone is 4. The van der Waals surface area contributed by atoms with Crippen molar-refractivity contribution in [3.05, 3.63) is 102 Å². The number of hydrogen-bond acceptors (Lipinski definition) is 2. The third kappa shape index (κ3) is 3.64. The molecule has 3 aliphatic rings. The molecule has 174 valence electrons. The van der Waals surface area contributed by atoms with Crippen molar-refractivity contribution >= 4 is 46.4 Å². The topological polar surface area (TPSA) is 18.6 Å². The Labute approximate surface area is 209 Å². The molecule has 0 saturated carbocycles. The second-order valence-electron chi connectivity index (χ2n) is 9.94. The molecule has 4 heteroatoms. The molecular formula is C31H32N3Si+. The summed E-state index contributed by atoms with van der Waals surface area (Å²) in [5, 5.41) is 5.61. The van der Waals surface area contributed by atoms with Crippen LogP contribution in [0.3, 0.4) is 0 Å². The standard InChI is InChI=1S/C31H32N3Si/c1-33(2)24-16-18-28-30(22-24)35(26-12-6-3-7-13-26,27-14-8-4-9-15-27)31-23-25(17-19-29(31)32-28)34-20-10-5-11-21-34/h3-4,6-9,12-19,22-23H,5,10-11,20-21H2,1-2H3/q+1. The Bertz CT molecular complexity index is 1330. The van der Waals surface area contributed by atoms with Crippen molar-refractivity contribution in [2.45, 2.75) is 19.3 Å². The van der Waals surface area contributed by atoms with Crippen molar-refractivity contribution in [2.24, 2.45) is 4.99 Å². The van der Waals surface area contributed by atoms with Crippen LogP contribution in [0.5, 0.6) is 0 Å². The second-order valence-corrected chi connectivity index (χ2v) is 13.7. The fourth-order valence-corrected chi connectivity index (χ4v) is 10.9. The van der Waals surface area contributed by atoms with Crippen LogP contribution in [0.2, 0.25) is 0 Å². The molecule has 1 aliphatic carbocycles. The Morgan fingerprint density at radius 2 is 1.43 bits per heavy atom. The third-order valence-electron chi connectivity index (χ3n) is 7.66. The Kier molecular flexibility index (Phi) is 5.61. The first-order valence-electron chi connectivity index (χ1n) is 12.7. The molecule has 0 radical (unpaired) electrons. The highest BCUT2D eigenvalue weighted by atomic mass is 28.3. The van der Waals surface area contributed by atoms with Crippen LogP contribution in [0.15, 0.2) is 107 Å². The van der Waals surface area contributed by atoms with Crippen molar-refractivity contribution in [1.29, 1.82) is 0 Å². The van der Waals surface area contributed by atoms with Gasteiger partial charge in [0.1, 0.15) is 14.1 Å². The minimum atomic E-state index is -2.60. The summed E-state index contributed by atoms with van der Waals surface area (Å²) >= 11 is 0. The van der Waals surface area contributed by atoms with E-state index in [0.29, 0.717) is 0 Å². The lowest BCUT2D eigenvalue weighted by Crippen LogP contribution is -2.71. The zero-order valence-electron chi connectivity index (χ0n) is 20.6. The number of nitrogens with zero attached hydrogens (tertiary/aromatic N) is 3. The first-order valence-corrected chi connectivity index (χ1v) is 14.7. The van der Waals surface area contributed by atoms with E-state index in [4.69, 9.17) is 4.99 Å². The Hall–Kier alpha value is -3.50. The van der Waals surface area contributed by atoms with Gasteiger partial charge in [-0.05, 0) is 64.3 Å². The molecule has 0 spiro atoms. The van der Waals surface area contributed by atoms with E-state index in [1.54, 1.807) is 0 Å². The van der Waals surface area contributed by atoms with E-state index in [1.807, 2.05) is 0 Å². The lowest BCUT2D eigenvalue weighted by molar-refractivity contribution is -0.462. The maximum atomic E-state index is 5.24. The van der Waals surface area contributed by atoms with Gasteiger partial charge in [0.15, 0.2) is 13.8 Å². The molecule has 2 heterocycles.